The maximum atomic E-state index is 12.5. The molecule has 0 bridgehead atoms. The van der Waals surface area contributed by atoms with Crippen molar-refractivity contribution in [2.45, 2.75) is 4.90 Å². The molecule has 0 fully saturated rings. The van der Waals surface area contributed by atoms with Crippen LogP contribution >= 0.6 is 0 Å². The Morgan fingerprint density at radius 2 is 1.56 bits per heavy atom. The maximum absolute atomic E-state index is 12.5. The maximum Gasteiger partial charge on any atom is 0.255 e. The van der Waals surface area contributed by atoms with Gasteiger partial charge in [-0.25, -0.2) is 13.8 Å². The summed E-state index contributed by atoms with van der Waals surface area (Å²) in [6.45, 7) is -0.367. The second-order valence-electron chi connectivity index (χ2n) is 5.50. The Morgan fingerprint density at radius 3 is 2.07 bits per heavy atom. The van der Waals surface area contributed by atoms with Gasteiger partial charge in [0.15, 0.2) is 0 Å². The van der Waals surface area contributed by atoms with Crippen molar-refractivity contribution in [2.75, 3.05) is 27.8 Å². The van der Waals surface area contributed by atoms with E-state index in [0.29, 0.717) is 11.5 Å². The molecule has 0 saturated carbocycles. The lowest BCUT2D eigenvalue weighted by atomic mass is 10.2. The van der Waals surface area contributed by atoms with Gasteiger partial charge in [-0.15, -0.1) is 0 Å². The zero-order chi connectivity index (χ0) is 19.9. The summed E-state index contributed by atoms with van der Waals surface area (Å²) in [5, 5.41) is 3.82. The zero-order valence-corrected chi connectivity index (χ0v) is 16.1. The third-order valence-corrected chi connectivity index (χ3v) is 5.47. The predicted octanol–water partition coefficient (Wildman–Crippen LogP) is 1.47. The van der Waals surface area contributed by atoms with Crippen molar-refractivity contribution in [3.05, 3.63) is 54.1 Å². The molecule has 0 aliphatic heterocycles. The van der Waals surface area contributed by atoms with Gasteiger partial charge in [-0.3, -0.25) is 4.79 Å². The van der Waals surface area contributed by atoms with Gasteiger partial charge in [-0.2, -0.15) is 9.41 Å². The number of likely N-dealkylation sites (N-methyl/N-ethyl adjacent to an activating group) is 1. The third kappa shape index (κ3) is 5.53. The van der Waals surface area contributed by atoms with Gasteiger partial charge >= 0.3 is 0 Å². The number of amides is 1. The summed E-state index contributed by atoms with van der Waals surface area (Å²) in [4.78, 5) is 12.0. The minimum Gasteiger partial charge on any atom is -0.497 e. The Kier molecular flexibility index (Phi) is 6.91. The summed E-state index contributed by atoms with van der Waals surface area (Å²) in [6, 6.07) is 13.0. The van der Waals surface area contributed by atoms with Gasteiger partial charge in [-0.1, -0.05) is 0 Å². The molecule has 1 amide bonds. The van der Waals surface area contributed by atoms with E-state index in [1.807, 2.05) is 0 Å². The van der Waals surface area contributed by atoms with Gasteiger partial charge < -0.3 is 9.47 Å². The molecule has 144 valence electrons. The van der Waals surface area contributed by atoms with Crippen LogP contribution in [-0.4, -0.2) is 52.7 Å². The first-order valence-electron chi connectivity index (χ1n) is 7.93. The Morgan fingerprint density at radius 1 is 1.04 bits per heavy atom. The average Bonchev–Trinajstić information content (AvgIpc) is 2.68. The van der Waals surface area contributed by atoms with Gasteiger partial charge in [0.25, 0.3) is 5.91 Å². The van der Waals surface area contributed by atoms with Crippen LogP contribution in [0.4, 0.5) is 0 Å². The Labute approximate surface area is 158 Å². The number of nitrogens with zero attached hydrogens (tertiary/aromatic N) is 2. The molecule has 27 heavy (non-hydrogen) atoms. The van der Waals surface area contributed by atoms with E-state index in [1.54, 1.807) is 43.5 Å². The molecule has 0 aliphatic rings. The highest BCUT2D eigenvalue weighted by Crippen LogP contribution is 2.18. The van der Waals surface area contributed by atoms with Crippen LogP contribution in [0.5, 0.6) is 11.5 Å². The molecule has 0 heterocycles. The van der Waals surface area contributed by atoms with Crippen LogP contribution in [0.2, 0.25) is 0 Å². The standard InChI is InChI=1S/C18H21N3O5S/c1-21(27(23,24)17-10-8-16(26-3)9-11-17)13-18(22)20-19-12-14-4-6-15(25-2)7-5-14/h4-12H,13H2,1-3H3,(H,20,22)/b19-12-. The van der Waals surface area contributed by atoms with E-state index < -0.39 is 15.9 Å². The summed E-state index contributed by atoms with van der Waals surface area (Å²) in [5.41, 5.74) is 3.07. The number of ether oxygens (including phenoxy) is 2. The fourth-order valence-electron chi connectivity index (χ4n) is 2.12. The first kappa shape index (κ1) is 20.4. The van der Waals surface area contributed by atoms with Gasteiger partial charge in [0.1, 0.15) is 11.5 Å². The van der Waals surface area contributed by atoms with E-state index in [1.165, 1.54) is 32.5 Å². The van der Waals surface area contributed by atoms with Crippen molar-refractivity contribution in [3.8, 4) is 11.5 Å². The lowest BCUT2D eigenvalue weighted by Crippen LogP contribution is -2.36. The smallest absolute Gasteiger partial charge is 0.255 e. The number of nitrogens with one attached hydrogen (secondary N) is 1. The third-order valence-electron chi connectivity index (χ3n) is 3.65. The lowest BCUT2D eigenvalue weighted by molar-refractivity contribution is -0.121. The molecule has 0 spiro atoms. The average molecular weight is 391 g/mol. The van der Waals surface area contributed by atoms with Crippen LogP contribution in [0.1, 0.15) is 5.56 Å². The highest BCUT2D eigenvalue weighted by molar-refractivity contribution is 7.89. The Balaban J connectivity index is 1.94. The number of carbonyl (C=O) groups is 1. The molecular weight excluding hydrogens is 370 g/mol. The van der Waals surface area contributed by atoms with Crippen LogP contribution in [0.3, 0.4) is 0 Å². The molecule has 2 aromatic carbocycles. The molecule has 0 atom stereocenters. The summed E-state index contributed by atoms with van der Waals surface area (Å²) >= 11 is 0. The molecule has 0 aromatic heterocycles. The number of rotatable bonds is 8. The van der Waals surface area contributed by atoms with E-state index in [-0.39, 0.29) is 11.4 Å². The number of hydrogen-bond donors (Lipinski definition) is 1. The molecule has 2 aromatic rings. The number of methoxy groups -OCH3 is 2. The predicted molar refractivity (Wildman–Crippen MR) is 102 cm³/mol. The van der Waals surface area contributed by atoms with Crippen molar-refractivity contribution in [1.82, 2.24) is 9.73 Å². The second-order valence-corrected chi connectivity index (χ2v) is 7.55. The second kappa shape index (κ2) is 9.15. The quantitative estimate of drug-likeness (QED) is 0.543. The fraction of sp³-hybridized carbons (Fsp3) is 0.222. The van der Waals surface area contributed by atoms with Crippen LogP contribution in [0.25, 0.3) is 0 Å². The van der Waals surface area contributed by atoms with Gasteiger partial charge in [0.05, 0.1) is 31.9 Å². The van der Waals surface area contributed by atoms with Crippen molar-refractivity contribution >= 4 is 22.1 Å². The SMILES string of the molecule is COc1ccc(/C=N\NC(=O)CN(C)S(=O)(=O)c2ccc(OC)cc2)cc1. The summed E-state index contributed by atoms with van der Waals surface area (Å²) < 4.78 is 36.0. The van der Waals surface area contributed by atoms with Crippen molar-refractivity contribution < 1.29 is 22.7 Å². The van der Waals surface area contributed by atoms with Crippen LogP contribution in [0, 0.1) is 0 Å². The molecule has 0 radical (unpaired) electrons. The normalized spacial score (nSPS) is 11.6. The monoisotopic (exact) mass is 391 g/mol. The van der Waals surface area contributed by atoms with Crippen LogP contribution in [0.15, 0.2) is 58.5 Å². The first-order chi connectivity index (χ1) is 12.9. The molecule has 9 heteroatoms. The molecule has 0 aliphatic carbocycles. The van der Waals surface area contributed by atoms with E-state index in [2.05, 4.69) is 10.5 Å². The van der Waals surface area contributed by atoms with Gasteiger partial charge in [0, 0.05) is 7.05 Å². The van der Waals surface area contributed by atoms with Crippen LogP contribution in [-0.2, 0) is 14.8 Å². The van der Waals surface area contributed by atoms with E-state index >= 15 is 0 Å². The highest BCUT2D eigenvalue weighted by Gasteiger charge is 2.22. The van der Waals surface area contributed by atoms with E-state index in [0.717, 1.165) is 9.87 Å². The molecule has 1 N–H and O–H groups in total. The summed E-state index contributed by atoms with van der Waals surface area (Å²) in [5.74, 6) is 0.697. The summed E-state index contributed by atoms with van der Waals surface area (Å²) in [7, 11) is 0.595. The number of sulfonamides is 1. The van der Waals surface area contributed by atoms with E-state index in [4.69, 9.17) is 9.47 Å². The fourth-order valence-corrected chi connectivity index (χ4v) is 3.25. The minimum atomic E-state index is -3.79. The number of carbonyl (C=O) groups excluding carboxylic acids is 1. The minimum absolute atomic E-state index is 0.0698. The molecule has 2 rings (SSSR count). The van der Waals surface area contributed by atoms with Crippen LogP contribution < -0.4 is 14.9 Å². The first-order valence-corrected chi connectivity index (χ1v) is 9.37. The summed E-state index contributed by atoms with van der Waals surface area (Å²) in [6.07, 6.45) is 1.45. The largest absolute Gasteiger partial charge is 0.497 e. The molecule has 0 unspecified atom stereocenters. The molecule has 0 saturated heterocycles. The number of benzene rings is 2. The van der Waals surface area contributed by atoms with Crippen molar-refractivity contribution in [1.29, 1.82) is 0 Å². The topological polar surface area (TPSA) is 97.3 Å². The highest BCUT2D eigenvalue weighted by atomic mass is 32.2. The Hall–Kier alpha value is -2.91. The number of hydrogen-bond acceptors (Lipinski definition) is 6. The number of hydrazone groups is 1. The molecule has 8 nitrogen and oxygen atoms in total. The lowest BCUT2D eigenvalue weighted by Gasteiger charge is -2.16. The van der Waals surface area contributed by atoms with Gasteiger partial charge in [0.2, 0.25) is 10.0 Å². The Bertz CT molecular complexity index is 894. The van der Waals surface area contributed by atoms with Crippen molar-refractivity contribution in [2.24, 2.45) is 5.10 Å². The van der Waals surface area contributed by atoms with Gasteiger partial charge in [-0.05, 0) is 54.1 Å². The van der Waals surface area contributed by atoms with E-state index in [9.17, 15) is 13.2 Å². The van der Waals surface area contributed by atoms with Crippen molar-refractivity contribution in [3.63, 3.8) is 0 Å². The zero-order valence-electron chi connectivity index (χ0n) is 15.2. The molecular formula is C18H21N3O5S.